The van der Waals surface area contributed by atoms with Crippen LogP contribution < -0.4 is 4.74 Å². The van der Waals surface area contributed by atoms with Crippen molar-refractivity contribution in [1.82, 2.24) is 0 Å². The fraction of sp³-hybridized carbons (Fsp3) is 0.500. The van der Waals surface area contributed by atoms with Crippen LogP contribution in [0.1, 0.15) is 18.9 Å². The molecule has 1 aromatic carbocycles. The molecule has 2 heteroatoms. The summed E-state index contributed by atoms with van der Waals surface area (Å²) in [4.78, 5) is 0. The lowest BCUT2D eigenvalue weighted by Gasteiger charge is -2.04. The van der Waals surface area contributed by atoms with Gasteiger partial charge in [0.2, 0.25) is 0 Å². The van der Waals surface area contributed by atoms with Crippen molar-refractivity contribution in [1.29, 1.82) is 0 Å². The average Bonchev–Trinajstić information content (AvgIpc) is 3.01. The number of hydrogen-bond acceptors (Lipinski definition) is 2. The third-order valence-electron chi connectivity index (χ3n) is 2.26. The van der Waals surface area contributed by atoms with Gasteiger partial charge in [-0.1, -0.05) is 19.1 Å². The number of epoxide rings is 1. The van der Waals surface area contributed by atoms with Crippen molar-refractivity contribution in [3.8, 4) is 5.75 Å². The third-order valence-corrected chi connectivity index (χ3v) is 2.26. The van der Waals surface area contributed by atoms with E-state index in [0.717, 1.165) is 31.8 Å². The van der Waals surface area contributed by atoms with E-state index in [2.05, 4.69) is 19.1 Å². The van der Waals surface area contributed by atoms with Gasteiger partial charge >= 0.3 is 0 Å². The predicted molar refractivity (Wildman–Crippen MR) is 55.7 cm³/mol. The summed E-state index contributed by atoms with van der Waals surface area (Å²) >= 11 is 0. The Kier molecular flexibility index (Phi) is 3.04. The molecule has 0 aliphatic carbocycles. The van der Waals surface area contributed by atoms with Gasteiger partial charge in [-0.05, 0) is 24.1 Å². The largest absolute Gasteiger partial charge is 0.494 e. The predicted octanol–water partition coefficient (Wildman–Crippen LogP) is 2.42. The van der Waals surface area contributed by atoms with Gasteiger partial charge in [-0.2, -0.15) is 0 Å². The van der Waals surface area contributed by atoms with Gasteiger partial charge in [0.15, 0.2) is 0 Å². The van der Waals surface area contributed by atoms with Crippen molar-refractivity contribution < 1.29 is 9.47 Å². The summed E-state index contributed by atoms with van der Waals surface area (Å²) in [5.74, 6) is 0.965. The summed E-state index contributed by atoms with van der Waals surface area (Å²) < 4.78 is 10.7. The summed E-state index contributed by atoms with van der Waals surface area (Å²) in [7, 11) is 0. The van der Waals surface area contributed by atoms with Crippen molar-refractivity contribution in [3.63, 3.8) is 0 Å². The highest BCUT2D eigenvalue weighted by molar-refractivity contribution is 5.27. The van der Waals surface area contributed by atoms with E-state index in [0.29, 0.717) is 6.10 Å². The van der Waals surface area contributed by atoms with Crippen LogP contribution in [0.4, 0.5) is 0 Å². The summed E-state index contributed by atoms with van der Waals surface area (Å²) in [6.45, 7) is 3.83. The number of benzene rings is 1. The quantitative estimate of drug-likeness (QED) is 0.668. The molecule has 0 N–H and O–H groups in total. The van der Waals surface area contributed by atoms with E-state index in [1.165, 1.54) is 5.56 Å². The van der Waals surface area contributed by atoms with Crippen LogP contribution in [-0.4, -0.2) is 19.3 Å². The standard InChI is InChI=1S/C12H16O2/c1-2-7-13-11-5-3-10(4-6-11)8-12-9-14-12/h3-6,12H,2,7-9H2,1H3. The number of hydrogen-bond donors (Lipinski definition) is 0. The molecule has 1 saturated heterocycles. The second-order valence-electron chi connectivity index (χ2n) is 3.65. The molecule has 0 spiro atoms. The molecule has 0 saturated carbocycles. The minimum atomic E-state index is 0.470. The second-order valence-corrected chi connectivity index (χ2v) is 3.65. The number of ether oxygens (including phenoxy) is 2. The van der Waals surface area contributed by atoms with Crippen LogP contribution in [0.3, 0.4) is 0 Å². The molecule has 0 bridgehead atoms. The Labute approximate surface area is 84.8 Å². The molecule has 76 valence electrons. The Morgan fingerprint density at radius 1 is 1.36 bits per heavy atom. The van der Waals surface area contributed by atoms with Crippen molar-refractivity contribution in [3.05, 3.63) is 29.8 Å². The van der Waals surface area contributed by atoms with Crippen molar-refractivity contribution in [2.75, 3.05) is 13.2 Å². The zero-order chi connectivity index (χ0) is 9.80. The van der Waals surface area contributed by atoms with Gasteiger partial charge in [0.25, 0.3) is 0 Å². The van der Waals surface area contributed by atoms with E-state index in [1.807, 2.05) is 12.1 Å². The van der Waals surface area contributed by atoms with Crippen LogP contribution in [0.25, 0.3) is 0 Å². The molecule has 1 fully saturated rings. The van der Waals surface area contributed by atoms with Gasteiger partial charge in [0, 0.05) is 6.42 Å². The zero-order valence-electron chi connectivity index (χ0n) is 8.53. The van der Waals surface area contributed by atoms with Crippen LogP contribution in [0.15, 0.2) is 24.3 Å². The maximum Gasteiger partial charge on any atom is 0.119 e. The van der Waals surface area contributed by atoms with E-state index in [4.69, 9.17) is 9.47 Å². The summed E-state index contributed by atoms with van der Waals surface area (Å²) in [5.41, 5.74) is 1.33. The molecule has 1 heterocycles. The van der Waals surface area contributed by atoms with E-state index in [1.54, 1.807) is 0 Å². The van der Waals surface area contributed by atoms with Gasteiger partial charge < -0.3 is 9.47 Å². The van der Waals surface area contributed by atoms with E-state index < -0.39 is 0 Å². The first-order chi connectivity index (χ1) is 6.88. The summed E-state index contributed by atoms with van der Waals surface area (Å²) in [6, 6.07) is 8.31. The maximum atomic E-state index is 5.50. The smallest absolute Gasteiger partial charge is 0.119 e. The lowest BCUT2D eigenvalue weighted by Crippen LogP contribution is -1.96. The molecule has 1 unspecified atom stereocenters. The molecule has 1 aromatic rings. The van der Waals surface area contributed by atoms with E-state index in [9.17, 15) is 0 Å². The van der Waals surface area contributed by atoms with Crippen LogP contribution >= 0.6 is 0 Å². The Balaban J connectivity index is 1.88. The van der Waals surface area contributed by atoms with Gasteiger partial charge in [-0.3, -0.25) is 0 Å². The SMILES string of the molecule is CCCOc1ccc(CC2CO2)cc1. The highest BCUT2D eigenvalue weighted by atomic mass is 16.6. The minimum absolute atomic E-state index is 0.470. The molecular weight excluding hydrogens is 176 g/mol. The summed E-state index contributed by atoms with van der Waals surface area (Å²) in [5, 5.41) is 0. The van der Waals surface area contributed by atoms with Gasteiger partial charge in [-0.15, -0.1) is 0 Å². The molecule has 1 aliphatic heterocycles. The van der Waals surface area contributed by atoms with Crippen molar-refractivity contribution in [2.24, 2.45) is 0 Å². The van der Waals surface area contributed by atoms with Gasteiger partial charge in [0.05, 0.1) is 19.3 Å². The normalized spacial score (nSPS) is 19.4. The summed E-state index contributed by atoms with van der Waals surface area (Å²) in [6.07, 6.45) is 2.56. The average molecular weight is 192 g/mol. The Bertz CT molecular complexity index is 275. The fourth-order valence-corrected chi connectivity index (χ4v) is 1.39. The molecule has 2 rings (SSSR count). The topological polar surface area (TPSA) is 21.8 Å². The van der Waals surface area contributed by atoms with Crippen LogP contribution in [0.5, 0.6) is 5.75 Å². The molecule has 0 amide bonds. The molecule has 2 nitrogen and oxygen atoms in total. The van der Waals surface area contributed by atoms with E-state index in [-0.39, 0.29) is 0 Å². The molecule has 0 aromatic heterocycles. The Morgan fingerprint density at radius 3 is 2.64 bits per heavy atom. The first kappa shape index (κ1) is 9.53. The Hall–Kier alpha value is -1.02. The first-order valence-electron chi connectivity index (χ1n) is 5.22. The van der Waals surface area contributed by atoms with Crippen LogP contribution in [0.2, 0.25) is 0 Å². The highest BCUT2D eigenvalue weighted by Gasteiger charge is 2.22. The van der Waals surface area contributed by atoms with Crippen LogP contribution in [0, 0.1) is 0 Å². The Morgan fingerprint density at radius 2 is 2.07 bits per heavy atom. The zero-order valence-corrected chi connectivity index (χ0v) is 8.53. The lowest BCUT2D eigenvalue weighted by molar-refractivity contribution is 0.317. The first-order valence-corrected chi connectivity index (χ1v) is 5.22. The molecule has 1 atom stereocenters. The number of rotatable bonds is 5. The molecule has 1 aliphatic rings. The van der Waals surface area contributed by atoms with Crippen molar-refractivity contribution >= 4 is 0 Å². The van der Waals surface area contributed by atoms with E-state index >= 15 is 0 Å². The van der Waals surface area contributed by atoms with Crippen LogP contribution in [-0.2, 0) is 11.2 Å². The van der Waals surface area contributed by atoms with Gasteiger partial charge in [-0.25, -0.2) is 0 Å². The third kappa shape index (κ3) is 2.74. The highest BCUT2D eigenvalue weighted by Crippen LogP contribution is 2.18. The molecule has 14 heavy (non-hydrogen) atoms. The molecule has 0 radical (unpaired) electrons. The minimum Gasteiger partial charge on any atom is -0.494 e. The second kappa shape index (κ2) is 4.47. The van der Waals surface area contributed by atoms with Crippen molar-refractivity contribution in [2.45, 2.75) is 25.9 Å². The monoisotopic (exact) mass is 192 g/mol. The molecular formula is C12H16O2. The lowest BCUT2D eigenvalue weighted by atomic mass is 10.1. The fourth-order valence-electron chi connectivity index (χ4n) is 1.39. The van der Waals surface area contributed by atoms with Gasteiger partial charge in [0.1, 0.15) is 5.75 Å². The maximum absolute atomic E-state index is 5.50.